The Morgan fingerprint density at radius 1 is 0.889 bits per heavy atom. The molecule has 4 saturated heterocycles. The van der Waals surface area contributed by atoms with Gasteiger partial charge in [0.05, 0.1) is 20.0 Å². The fourth-order valence-electron chi connectivity index (χ4n) is 4.73. The topological polar surface area (TPSA) is 26.8 Å². The Kier molecular flexibility index (Phi) is 4.90. The summed E-state index contributed by atoms with van der Waals surface area (Å²) in [6, 6.07) is 14.1. The van der Waals surface area contributed by atoms with E-state index < -0.39 is 0 Å². The van der Waals surface area contributed by atoms with E-state index in [9.17, 15) is 9.18 Å². The van der Waals surface area contributed by atoms with Crippen LogP contribution in [0, 0.1) is 5.82 Å². The quantitative estimate of drug-likeness (QED) is 0.466. The van der Waals surface area contributed by atoms with E-state index in [2.05, 4.69) is 14.7 Å². The van der Waals surface area contributed by atoms with Crippen molar-refractivity contribution in [1.29, 1.82) is 0 Å². The van der Waals surface area contributed by atoms with Crippen LogP contribution in [0.1, 0.15) is 10.4 Å². The highest BCUT2D eigenvalue weighted by atomic mass is 79.9. The lowest BCUT2D eigenvalue weighted by molar-refractivity contribution is -0.973. The molecule has 4 aliphatic rings. The van der Waals surface area contributed by atoms with Gasteiger partial charge in [0.25, 0.3) is 0 Å². The third-order valence-corrected chi connectivity index (χ3v) is 5.57. The molecule has 0 aliphatic carbocycles. The van der Waals surface area contributed by atoms with Crippen LogP contribution in [0.25, 0.3) is 11.1 Å². The largest absolute Gasteiger partial charge is 1.00 e. The first-order valence-electron chi connectivity index (χ1n) is 9.01. The van der Waals surface area contributed by atoms with E-state index in [0.29, 0.717) is 17.7 Å². The van der Waals surface area contributed by atoms with Crippen molar-refractivity contribution in [2.75, 3.05) is 46.6 Å². The summed E-state index contributed by atoms with van der Waals surface area (Å²) in [5, 5.41) is 0. The molecule has 0 aromatic heterocycles. The number of benzene rings is 2. The Morgan fingerprint density at radius 2 is 1.44 bits per heavy atom. The summed E-state index contributed by atoms with van der Waals surface area (Å²) in [5.41, 5.74) is 2.07. The smallest absolute Gasteiger partial charge is 0.217 e. The lowest BCUT2D eigenvalue weighted by Gasteiger charge is -2.60. The van der Waals surface area contributed by atoms with Crippen molar-refractivity contribution in [3.8, 4) is 11.1 Å². The maximum absolute atomic E-state index is 13.9. The second-order valence-corrected chi connectivity index (χ2v) is 7.84. The first-order valence-corrected chi connectivity index (χ1v) is 9.01. The Labute approximate surface area is 168 Å². The van der Waals surface area contributed by atoms with Crippen molar-refractivity contribution in [1.82, 2.24) is 14.7 Å². The van der Waals surface area contributed by atoms with Gasteiger partial charge in [-0.1, -0.05) is 42.5 Å². The number of Topliss-reactive ketones (excluding diaryl/α,β-unsaturated/α-hetero) is 1. The van der Waals surface area contributed by atoms with Gasteiger partial charge in [0.15, 0.2) is 0 Å². The summed E-state index contributed by atoms with van der Waals surface area (Å²) in [4.78, 5) is 20.1. The minimum Gasteiger partial charge on any atom is -1.00 e. The fourth-order valence-corrected chi connectivity index (χ4v) is 4.73. The number of halogens is 2. The zero-order chi connectivity index (χ0) is 17.7. The van der Waals surface area contributed by atoms with Gasteiger partial charge in [-0.15, -0.1) is 0 Å². The molecule has 2 aromatic carbocycles. The minimum atomic E-state index is -0.242. The van der Waals surface area contributed by atoms with E-state index in [1.165, 1.54) is 6.07 Å². The van der Waals surface area contributed by atoms with Gasteiger partial charge in [-0.3, -0.25) is 9.28 Å². The second kappa shape index (κ2) is 7.07. The Bertz CT molecular complexity index is 822. The lowest BCUT2D eigenvalue weighted by atomic mass is 10.0. The summed E-state index contributed by atoms with van der Waals surface area (Å²) in [5.74, 6) is -0.0791. The van der Waals surface area contributed by atoms with Crippen molar-refractivity contribution >= 4 is 5.78 Å². The van der Waals surface area contributed by atoms with Gasteiger partial charge in [0.2, 0.25) is 5.78 Å². The van der Waals surface area contributed by atoms with Crippen LogP contribution in [-0.2, 0) is 0 Å². The number of carbonyl (C=O) groups is 1. The molecule has 6 rings (SSSR count). The molecule has 0 unspecified atom stereocenters. The van der Waals surface area contributed by atoms with Crippen LogP contribution < -0.4 is 17.0 Å². The van der Waals surface area contributed by atoms with Crippen molar-refractivity contribution in [2.45, 2.75) is 0 Å². The monoisotopic (exact) mass is 432 g/mol. The lowest BCUT2D eigenvalue weighted by Crippen LogP contribution is -3.00. The molecule has 4 fully saturated rings. The Morgan fingerprint density at radius 3 is 2.00 bits per heavy atom. The minimum absolute atomic E-state index is 0. The third kappa shape index (κ3) is 3.46. The van der Waals surface area contributed by atoms with Crippen molar-refractivity contribution in [3.05, 3.63) is 59.9 Å². The number of quaternary nitrogens is 1. The second-order valence-electron chi connectivity index (χ2n) is 7.84. The summed E-state index contributed by atoms with van der Waals surface area (Å²) in [7, 11) is 0. The van der Waals surface area contributed by atoms with Gasteiger partial charge in [0.1, 0.15) is 32.4 Å². The normalized spacial score (nSPS) is 30.8. The van der Waals surface area contributed by atoms with E-state index >= 15 is 0 Å². The first-order chi connectivity index (χ1) is 12.6. The molecule has 0 amide bonds. The predicted octanol–water partition coefficient (Wildman–Crippen LogP) is -0.812. The van der Waals surface area contributed by atoms with Crippen LogP contribution in [0.3, 0.4) is 0 Å². The van der Waals surface area contributed by atoms with Crippen LogP contribution in [0.15, 0.2) is 48.5 Å². The summed E-state index contributed by atoms with van der Waals surface area (Å²) >= 11 is 0. The molecule has 4 bridgehead atoms. The molecular weight excluding hydrogens is 411 g/mol. The van der Waals surface area contributed by atoms with Gasteiger partial charge in [-0.2, -0.15) is 0 Å². The molecule has 5 nitrogen and oxygen atoms in total. The molecule has 7 heteroatoms. The van der Waals surface area contributed by atoms with Crippen LogP contribution in [0.2, 0.25) is 0 Å². The molecule has 27 heavy (non-hydrogen) atoms. The highest BCUT2D eigenvalue weighted by molar-refractivity contribution is 5.97. The zero-order valence-electron chi connectivity index (χ0n) is 15.0. The first kappa shape index (κ1) is 18.7. The van der Waals surface area contributed by atoms with Crippen LogP contribution in [0.5, 0.6) is 0 Å². The Balaban J connectivity index is 0.00000180. The van der Waals surface area contributed by atoms with Gasteiger partial charge in [-0.05, 0) is 11.6 Å². The van der Waals surface area contributed by atoms with E-state index in [0.717, 1.165) is 50.1 Å². The standard InChI is InChI=1S/C20H22FN4O.BrH/c21-19-4-2-1-3-18(19)16-5-7-17(8-6-16)20(26)9-25-13-22-10-23(14-25)12-24(11-22)15-25;/h1-8H,9-15H2;1H/q+1;/p-1. The van der Waals surface area contributed by atoms with E-state index in [4.69, 9.17) is 0 Å². The van der Waals surface area contributed by atoms with Crippen LogP contribution in [0.4, 0.5) is 4.39 Å². The van der Waals surface area contributed by atoms with Gasteiger partial charge in [0, 0.05) is 11.1 Å². The maximum atomic E-state index is 13.9. The molecule has 0 atom stereocenters. The molecular formula is C20H22BrFN4O. The van der Waals surface area contributed by atoms with Gasteiger partial charge in [-0.25, -0.2) is 19.1 Å². The highest BCUT2D eigenvalue weighted by Gasteiger charge is 2.49. The van der Waals surface area contributed by atoms with Gasteiger partial charge >= 0.3 is 0 Å². The molecule has 4 heterocycles. The van der Waals surface area contributed by atoms with Gasteiger partial charge < -0.3 is 17.0 Å². The maximum Gasteiger partial charge on any atom is 0.217 e. The predicted molar refractivity (Wildman–Crippen MR) is 96.0 cm³/mol. The van der Waals surface area contributed by atoms with E-state index in [1.807, 2.05) is 30.3 Å². The molecule has 2 aromatic rings. The summed E-state index contributed by atoms with van der Waals surface area (Å²) in [6.45, 7) is 6.42. The fraction of sp³-hybridized carbons (Fsp3) is 0.350. The van der Waals surface area contributed by atoms with Crippen molar-refractivity contribution in [2.24, 2.45) is 0 Å². The number of hydrogen-bond acceptors (Lipinski definition) is 4. The van der Waals surface area contributed by atoms with Crippen molar-refractivity contribution in [3.63, 3.8) is 0 Å². The van der Waals surface area contributed by atoms with Crippen LogP contribution in [-0.4, -0.2) is 71.5 Å². The number of ketones is 1. The third-order valence-electron chi connectivity index (χ3n) is 5.57. The number of hydrogen-bond donors (Lipinski definition) is 0. The molecule has 4 aliphatic heterocycles. The average molecular weight is 433 g/mol. The van der Waals surface area contributed by atoms with Crippen LogP contribution >= 0.6 is 0 Å². The zero-order valence-corrected chi connectivity index (χ0v) is 16.6. The SMILES string of the molecule is O=C(C[N+]12CN3CN(CN(C3)C1)C2)c1ccc(-c2ccccc2F)cc1.[Br-]. The highest BCUT2D eigenvalue weighted by Crippen LogP contribution is 2.29. The summed E-state index contributed by atoms with van der Waals surface area (Å²) < 4.78 is 14.7. The molecule has 0 N–H and O–H groups in total. The Hall–Kier alpha value is -1.64. The average Bonchev–Trinajstić information content (AvgIpc) is 2.61. The summed E-state index contributed by atoms with van der Waals surface area (Å²) in [6.07, 6.45) is 0. The van der Waals surface area contributed by atoms with Crippen molar-refractivity contribution < 1.29 is 30.6 Å². The number of nitrogens with zero attached hydrogens (tertiary/aromatic N) is 4. The molecule has 142 valence electrons. The number of carbonyl (C=O) groups excluding carboxylic acids is 1. The molecule has 0 saturated carbocycles. The van der Waals surface area contributed by atoms with E-state index in [1.54, 1.807) is 12.1 Å². The molecule has 0 spiro atoms. The molecule has 0 radical (unpaired) electrons. The number of rotatable bonds is 4. The van der Waals surface area contributed by atoms with E-state index in [-0.39, 0.29) is 28.6 Å².